The molecule has 2 rings (SSSR count). The summed E-state index contributed by atoms with van der Waals surface area (Å²) in [5.41, 5.74) is 5.44. The lowest BCUT2D eigenvalue weighted by Crippen LogP contribution is -2.54. The van der Waals surface area contributed by atoms with E-state index in [-0.39, 0.29) is 11.9 Å². The van der Waals surface area contributed by atoms with Gasteiger partial charge in [-0.1, -0.05) is 32.6 Å². The smallest absolute Gasteiger partial charge is 0.235 e. The quantitative estimate of drug-likeness (QED) is 0.770. The molecular formula is C16H28N4O. The second kappa shape index (κ2) is 7.24. The van der Waals surface area contributed by atoms with Gasteiger partial charge in [-0.05, 0) is 31.7 Å². The van der Waals surface area contributed by atoms with Gasteiger partial charge in [-0.25, -0.2) is 0 Å². The molecule has 1 aliphatic carbocycles. The van der Waals surface area contributed by atoms with Crippen molar-refractivity contribution in [2.75, 3.05) is 19.6 Å². The molecule has 1 aliphatic heterocycles. The van der Waals surface area contributed by atoms with E-state index in [0.29, 0.717) is 12.5 Å². The highest BCUT2D eigenvalue weighted by molar-refractivity contribution is 5.79. The minimum absolute atomic E-state index is 0.0276. The maximum Gasteiger partial charge on any atom is 0.235 e. The SMILES string of the molecule is CC1CCN(CC(=O)NC2(C#N)CCCCCC2)CC1N. The Balaban J connectivity index is 1.87. The highest BCUT2D eigenvalue weighted by Gasteiger charge is 2.33. The van der Waals surface area contributed by atoms with Crippen LogP contribution in [0.25, 0.3) is 0 Å². The van der Waals surface area contributed by atoms with Crippen LogP contribution < -0.4 is 11.1 Å². The zero-order chi connectivity index (χ0) is 15.3. The maximum absolute atomic E-state index is 12.3. The Morgan fingerprint density at radius 3 is 2.62 bits per heavy atom. The van der Waals surface area contributed by atoms with Crippen molar-refractivity contribution in [2.45, 2.75) is 63.5 Å². The molecule has 0 aromatic carbocycles. The van der Waals surface area contributed by atoms with Gasteiger partial charge >= 0.3 is 0 Å². The van der Waals surface area contributed by atoms with Gasteiger partial charge < -0.3 is 11.1 Å². The first-order chi connectivity index (χ1) is 10.0. The fourth-order valence-corrected chi connectivity index (χ4v) is 3.42. The zero-order valence-corrected chi connectivity index (χ0v) is 13.1. The lowest BCUT2D eigenvalue weighted by atomic mass is 9.91. The molecule has 0 aromatic rings. The molecule has 118 valence electrons. The number of carbonyl (C=O) groups is 1. The summed E-state index contributed by atoms with van der Waals surface area (Å²) in [7, 11) is 0. The van der Waals surface area contributed by atoms with E-state index in [4.69, 9.17) is 5.73 Å². The average molecular weight is 292 g/mol. The van der Waals surface area contributed by atoms with Gasteiger partial charge in [0.15, 0.2) is 0 Å². The molecule has 2 fully saturated rings. The number of rotatable bonds is 3. The molecule has 5 nitrogen and oxygen atoms in total. The van der Waals surface area contributed by atoms with Gasteiger partial charge in [-0.15, -0.1) is 0 Å². The predicted molar refractivity (Wildman–Crippen MR) is 82.4 cm³/mol. The van der Waals surface area contributed by atoms with E-state index in [1.54, 1.807) is 0 Å². The van der Waals surface area contributed by atoms with Crippen molar-refractivity contribution in [3.63, 3.8) is 0 Å². The summed E-state index contributed by atoms with van der Waals surface area (Å²) >= 11 is 0. The molecule has 0 bridgehead atoms. The number of nitriles is 1. The number of nitrogens with one attached hydrogen (secondary N) is 1. The number of nitrogens with two attached hydrogens (primary N) is 1. The lowest BCUT2D eigenvalue weighted by Gasteiger charge is -2.35. The number of hydrogen-bond donors (Lipinski definition) is 2. The Labute approximate surface area is 127 Å². The third-order valence-electron chi connectivity index (χ3n) is 5.02. The second-order valence-electron chi connectivity index (χ2n) is 6.82. The van der Waals surface area contributed by atoms with Gasteiger partial charge in [0, 0.05) is 12.6 Å². The van der Waals surface area contributed by atoms with Gasteiger partial charge in [0.1, 0.15) is 5.54 Å². The summed E-state index contributed by atoms with van der Waals surface area (Å²) in [6, 6.07) is 2.51. The number of piperidine rings is 1. The molecule has 21 heavy (non-hydrogen) atoms. The van der Waals surface area contributed by atoms with Crippen LogP contribution in [0.2, 0.25) is 0 Å². The van der Waals surface area contributed by atoms with Crippen LogP contribution >= 0.6 is 0 Å². The van der Waals surface area contributed by atoms with E-state index in [9.17, 15) is 10.1 Å². The van der Waals surface area contributed by atoms with Crippen molar-refractivity contribution in [1.82, 2.24) is 10.2 Å². The molecule has 0 spiro atoms. The summed E-state index contributed by atoms with van der Waals surface area (Å²) in [4.78, 5) is 14.4. The molecule has 1 heterocycles. The number of amides is 1. The van der Waals surface area contributed by atoms with E-state index in [1.165, 1.54) is 0 Å². The maximum atomic E-state index is 12.3. The lowest BCUT2D eigenvalue weighted by molar-refractivity contribution is -0.124. The van der Waals surface area contributed by atoms with Crippen molar-refractivity contribution in [3.8, 4) is 6.07 Å². The molecule has 2 atom stereocenters. The van der Waals surface area contributed by atoms with Gasteiger partial charge in [-0.2, -0.15) is 5.26 Å². The Bertz CT molecular complexity index is 396. The number of nitrogens with zero attached hydrogens (tertiary/aromatic N) is 2. The highest BCUT2D eigenvalue weighted by atomic mass is 16.2. The number of carbonyl (C=O) groups excluding carboxylic acids is 1. The monoisotopic (exact) mass is 292 g/mol. The van der Waals surface area contributed by atoms with Crippen LogP contribution in [-0.2, 0) is 4.79 Å². The van der Waals surface area contributed by atoms with Crippen molar-refractivity contribution in [1.29, 1.82) is 5.26 Å². The minimum atomic E-state index is -0.640. The number of likely N-dealkylation sites (tertiary alicyclic amines) is 1. The summed E-state index contributed by atoms with van der Waals surface area (Å²) in [6.45, 7) is 4.22. The molecule has 2 unspecified atom stereocenters. The molecule has 5 heteroatoms. The Morgan fingerprint density at radius 1 is 1.38 bits per heavy atom. The fraction of sp³-hybridized carbons (Fsp3) is 0.875. The van der Waals surface area contributed by atoms with Gasteiger partial charge in [0.2, 0.25) is 5.91 Å². The molecule has 1 amide bonds. The molecule has 2 aliphatic rings. The fourth-order valence-electron chi connectivity index (χ4n) is 3.42. The molecule has 0 radical (unpaired) electrons. The van der Waals surface area contributed by atoms with E-state index in [2.05, 4.69) is 23.2 Å². The van der Waals surface area contributed by atoms with Crippen LogP contribution in [0.4, 0.5) is 0 Å². The largest absolute Gasteiger partial charge is 0.337 e. The first-order valence-electron chi connectivity index (χ1n) is 8.25. The Hall–Kier alpha value is -1.12. The standard InChI is InChI=1S/C16H28N4O/c1-13-6-9-20(10-14(13)18)11-15(21)19-16(12-17)7-4-2-3-5-8-16/h13-14H,2-11,18H2,1H3,(H,19,21). The van der Waals surface area contributed by atoms with E-state index >= 15 is 0 Å². The first kappa shape index (κ1) is 16.3. The summed E-state index contributed by atoms with van der Waals surface area (Å²) in [5, 5.41) is 12.5. The van der Waals surface area contributed by atoms with E-state index < -0.39 is 5.54 Å². The molecule has 3 N–H and O–H groups in total. The van der Waals surface area contributed by atoms with Crippen LogP contribution in [0, 0.1) is 17.2 Å². The van der Waals surface area contributed by atoms with Gasteiger partial charge in [0.25, 0.3) is 0 Å². The van der Waals surface area contributed by atoms with E-state index in [0.717, 1.165) is 58.0 Å². The Kier molecular flexibility index (Phi) is 5.60. The van der Waals surface area contributed by atoms with Crippen molar-refractivity contribution < 1.29 is 4.79 Å². The molecular weight excluding hydrogens is 264 g/mol. The highest BCUT2D eigenvalue weighted by Crippen LogP contribution is 2.26. The third-order valence-corrected chi connectivity index (χ3v) is 5.02. The first-order valence-corrected chi connectivity index (χ1v) is 8.25. The van der Waals surface area contributed by atoms with Crippen LogP contribution in [0.5, 0.6) is 0 Å². The Morgan fingerprint density at radius 2 is 2.05 bits per heavy atom. The van der Waals surface area contributed by atoms with E-state index in [1.807, 2.05) is 0 Å². The van der Waals surface area contributed by atoms with Crippen LogP contribution in [0.3, 0.4) is 0 Å². The normalized spacial score (nSPS) is 30.1. The second-order valence-corrected chi connectivity index (χ2v) is 6.82. The predicted octanol–water partition coefficient (Wildman–Crippen LogP) is 1.39. The average Bonchev–Trinajstić information content (AvgIpc) is 2.69. The summed E-state index contributed by atoms with van der Waals surface area (Å²) < 4.78 is 0. The van der Waals surface area contributed by atoms with Crippen molar-refractivity contribution in [3.05, 3.63) is 0 Å². The molecule has 0 aromatic heterocycles. The van der Waals surface area contributed by atoms with Crippen molar-refractivity contribution >= 4 is 5.91 Å². The van der Waals surface area contributed by atoms with Crippen LogP contribution in [0.15, 0.2) is 0 Å². The number of hydrogen-bond acceptors (Lipinski definition) is 4. The van der Waals surface area contributed by atoms with Crippen molar-refractivity contribution in [2.24, 2.45) is 11.7 Å². The molecule has 1 saturated heterocycles. The van der Waals surface area contributed by atoms with Gasteiger partial charge in [0.05, 0.1) is 12.6 Å². The van der Waals surface area contributed by atoms with Gasteiger partial charge in [-0.3, -0.25) is 9.69 Å². The third kappa shape index (κ3) is 4.42. The summed E-state index contributed by atoms with van der Waals surface area (Å²) in [5.74, 6) is 0.497. The van der Waals surface area contributed by atoms with Crippen LogP contribution in [-0.4, -0.2) is 42.0 Å². The minimum Gasteiger partial charge on any atom is -0.337 e. The molecule has 1 saturated carbocycles. The zero-order valence-electron chi connectivity index (χ0n) is 13.1. The summed E-state index contributed by atoms with van der Waals surface area (Å²) in [6.07, 6.45) is 6.99. The topological polar surface area (TPSA) is 82.2 Å². The van der Waals surface area contributed by atoms with Crippen LogP contribution in [0.1, 0.15) is 51.9 Å².